The highest BCUT2D eigenvalue weighted by molar-refractivity contribution is 5.56. The van der Waals surface area contributed by atoms with Crippen LogP contribution in [0, 0.1) is 0 Å². The third kappa shape index (κ3) is 2.97. The molecule has 2 aromatic rings. The van der Waals surface area contributed by atoms with Crippen LogP contribution < -0.4 is 10.2 Å². The van der Waals surface area contributed by atoms with Crippen LogP contribution in [0.3, 0.4) is 0 Å². The summed E-state index contributed by atoms with van der Waals surface area (Å²) in [5.41, 5.74) is 0. The van der Waals surface area contributed by atoms with Crippen LogP contribution in [0.2, 0.25) is 0 Å². The van der Waals surface area contributed by atoms with Gasteiger partial charge < -0.3 is 15.0 Å². The lowest BCUT2D eigenvalue weighted by molar-refractivity contribution is 0.122. The normalized spacial score (nSPS) is 15.3. The number of ether oxygens (including phenoxy) is 1. The molecule has 3 rings (SSSR count). The molecule has 3 heterocycles. The monoisotopic (exact) mass is 257 g/mol. The topological polar surface area (TPSA) is 63.2 Å². The van der Waals surface area contributed by atoms with Gasteiger partial charge in [0.15, 0.2) is 0 Å². The number of anilines is 3. The fourth-order valence-corrected chi connectivity index (χ4v) is 1.95. The zero-order valence-corrected chi connectivity index (χ0v) is 10.5. The molecular weight excluding hydrogens is 242 g/mol. The molecule has 2 aromatic heterocycles. The number of nitrogens with one attached hydrogen (secondary N) is 1. The van der Waals surface area contributed by atoms with Crippen molar-refractivity contribution < 1.29 is 4.74 Å². The number of pyridine rings is 1. The van der Waals surface area contributed by atoms with E-state index in [0.29, 0.717) is 0 Å². The molecule has 1 fully saturated rings. The predicted octanol–water partition coefficient (Wildman–Crippen LogP) is 1.45. The highest BCUT2D eigenvalue weighted by Gasteiger charge is 2.12. The lowest BCUT2D eigenvalue weighted by Gasteiger charge is -2.27. The summed E-state index contributed by atoms with van der Waals surface area (Å²) in [6, 6.07) is 7.64. The molecule has 0 saturated carbocycles. The zero-order valence-electron chi connectivity index (χ0n) is 10.5. The second-order valence-electron chi connectivity index (χ2n) is 4.20. The Kier molecular flexibility index (Phi) is 3.51. The fourth-order valence-electron chi connectivity index (χ4n) is 1.95. The van der Waals surface area contributed by atoms with Crippen LogP contribution in [0.4, 0.5) is 17.5 Å². The highest BCUT2D eigenvalue weighted by Crippen LogP contribution is 2.17. The molecule has 0 spiro atoms. The molecule has 0 radical (unpaired) electrons. The maximum Gasteiger partial charge on any atom is 0.137 e. The van der Waals surface area contributed by atoms with Crippen LogP contribution in [0.5, 0.6) is 0 Å². The van der Waals surface area contributed by atoms with Crippen LogP contribution in [-0.2, 0) is 4.74 Å². The Morgan fingerprint density at radius 2 is 1.95 bits per heavy atom. The Hall–Kier alpha value is -2.21. The van der Waals surface area contributed by atoms with E-state index in [0.717, 1.165) is 43.8 Å². The maximum atomic E-state index is 5.34. The first-order chi connectivity index (χ1) is 9.42. The van der Waals surface area contributed by atoms with E-state index < -0.39 is 0 Å². The minimum absolute atomic E-state index is 0.743. The van der Waals surface area contributed by atoms with Gasteiger partial charge in [0.05, 0.1) is 13.2 Å². The summed E-state index contributed by atoms with van der Waals surface area (Å²) in [6.45, 7) is 3.21. The standard InChI is InChI=1S/C13H15N5O/c1-2-4-14-11(3-1)17-12-9-13(16-10-15-12)18-5-7-19-8-6-18/h1-4,9-10H,5-8H2,(H,14,15,16,17). The van der Waals surface area contributed by atoms with E-state index >= 15 is 0 Å². The number of morpholine rings is 1. The minimum Gasteiger partial charge on any atom is -0.378 e. The third-order valence-electron chi connectivity index (χ3n) is 2.91. The van der Waals surface area contributed by atoms with Gasteiger partial charge in [-0.1, -0.05) is 6.07 Å². The average molecular weight is 257 g/mol. The van der Waals surface area contributed by atoms with Crippen molar-refractivity contribution in [2.24, 2.45) is 0 Å². The van der Waals surface area contributed by atoms with E-state index in [1.807, 2.05) is 24.3 Å². The van der Waals surface area contributed by atoms with E-state index in [4.69, 9.17) is 4.74 Å². The molecule has 1 aliphatic heterocycles. The second-order valence-corrected chi connectivity index (χ2v) is 4.20. The molecule has 1 N–H and O–H groups in total. The van der Waals surface area contributed by atoms with Crippen molar-refractivity contribution in [3.63, 3.8) is 0 Å². The van der Waals surface area contributed by atoms with Gasteiger partial charge in [-0.25, -0.2) is 15.0 Å². The second kappa shape index (κ2) is 5.62. The van der Waals surface area contributed by atoms with Crippen LogP contribution in [-0.4, -0.2) is 41.3 Å². The number of rotatable bonds is 3. The van der Waals surface area contributed by atoms with Crippen molar-refractivity contribution in [1.82, 2.24) is 15.0 Å². The van der Waals surface area contributed by atoms with Crippen molar-refractivity contribution in [1.29, 1.82) is 0 Å². The van der Waals surface area contributed by atoms with Gasteiger partial charge in [0.25, 0.3) is 0 Å². The van der Waals surface area contributed by atoms with Crippen molar-refractivity contribution in [2.45, 2.75) is 0 Å². The van der Waals surface area contributed by atoms with Gasteiger partial charge in [-0.05, 0) is 12.1 Å². The lowest BCUT2D eigenvalue weighted by Crippen LogP contribution is -2.36. The molecule has 1 saturated heterocycles. The van der Waals surface area contributed by atoms with Crippen molar-refractivity contribution in [2.75, 3.05) is 36.5 Å². The van der Waals surface area contributed by atoms with Gasteiger partial charge in [0.1, 0.15) is 23.8 Å². The molecule has 0 aliphatic carbocycles. The average Bonchev–Trinajstić information content (AvgIpc) is 2.49. The molecule has 6 nitrogen and oxygen atoms in total. The molecule has 0 unspecified atom stereocenters. The minimum atomic E-state index is 0.743. The van der Waals surface area contributed by atoms with E-state index in [-0.39, 0.29) is 0 Å². The molecule has 0 atom stereocenters. The van der Waals surface area contributed by atoms with E-state index in [1.165, 1.54) is 0 Å². The molecule has 1 aliphatic rings. The summed E-state index contributed by atoms with van der Waals surface area (Å²) in [4.78, 5) is 14.9. The van der Waals surface area contributed by atoms with Gasteiger partial charge in [0.2, 0.25) is 0 Å². The van der Waals surface area contributed by atoms with Crippen LogP contribution >= 0.6 is 0 Å². The Morgan fingerprint density at radius 1 is 1.05 bits per heavy atom. The largest absolute Gasteiger partial charge is 0.378 e. The van der Waals surface area contributed by atoms with E-state index in [9.17, 15) is 0 Å². The summed E-state index contributed by atoms with van der Waals surface area (Å²) in [5, 5.41) is 3.16. The molecular formula is C13H15N5O. The first-order valence-electron chi connectivity index (χ1n) is 6.24. The van der Waals surface area contributed by atoms with Gasteiger partial charge >= 0.3 is 0 Å². The van der Waals surface area contributed by atoms with Gasteiger partial charge in [-0.15, -0.1) is 0 Å². The Bertz CT molecular complexity index is 528. The maximum absolute atomic E-state index is 5.34. The quantitative estimate of drug-likeness (QED) is 0.898. The molecule has 0 amide bonds. The highest BCUT2D eigenvalue weighted by atomic mass is 16.5. The Labute approximate surface area is 111 Å². The van der Waals surface area contributed by atoms with Crippen molar-refractivity contribution in [3.8, 4) is 0 Å². The summed E-state index contributed by atoms with van der Waals surface area (Å²) >= 11 is 0. The van der Waals surface area contributed by atoms with Gasteiger partial charge in [-0.3, -0.25) is 0 Å². The number of nitrogens with zero attached hydrogens (tertiary/aromatic N) is 4. The van der Waals surface area contributed by atoms with Crippen molar-refractivity contribution >= 4 is 17.5 Å². The lowest BCUT2D eigenvalue weighted by atomic mass is 10.4. The molecule has 19 heavy (non-hydrogen) atoms. The number of aromatic nitrogens is 3. The SMILES string of the molecule is c1ccc(Nc2cc(N3CCOCC3)ncn2)nc1. The smallest absolute Gasteiger partial charge is 0.137 e. The Balaban J connectivity index is 1.76. The first kappa shape index (κ1) is 11.9. The summed E-state index contributed by atoms with van der Waals surface area (Å²) < 4.78 is 5.34. The molecule has 6 heteroatoms. The van der Waals surface area contributed by atoms with E-state index in [2.05, 4.69) is 25.2 Å². The van der Waals surface area contributed by atoms with Crippen LogP contribution in [0.15, 0.2) is 36.8 Å². The van der Waals surface area contributed by atoms with Gasteiger partial charge in [-0.2, -0.15) is 0 Å². The molecule has 98 valence electrons. The van der Waals surface area contributed by atoms with Gasteiger partial charge in [0, 0.05) is 25.4 Å². The van der Waals surface area contributed by atoms with E-state index in [1.54, 1.807) is 12.5 Å². The first-order valence-corrected chi connectivity index (χ1v) is 6.24. The summed E-state index contributed by atoms with van der Waals surface area (Å²) in [6.07, 6.45) is 3.31. The number of hydrogen-bond donors (Lipinski definition) is 1. The zero-order chi connectivity index (χ0) is 12.9. The molecule has 0 aromatic carbocycles. The predicted molar refractivity (Wildman–Crippen MR) is 72.6 cm³/mol. The summed E-state index contributed by atoms with van der Waals surface area (Å²) in [5.74, 6) is 2.43. The van der Waals surface area contributed by atoms with Crippen LogP contribution in [0.25, 0.3) is 0 Å². The van der Waals surface area contributed by atoms with Crippen molar-refractivity contribution in [3.05, 3.63) is 36.8 Å². The number of hydrogen-bond acceptors (Lipinski definition) is 6. The molecule has 0 bridgehead atoms. The fraction of sp³-hybridized carbons (Fsp3) is 0.308. The van der Waals surface area contributed by atoms with Crippen LogP contribution in [0.1, 0.15) is 0 Å². The summed E-state index contributed by atoms with van der Waals surface area (Å²) in [7, 11) is 0. The third-order valence-corrected chi connectivity index (χ3v) is 2.91. The Morgan fingerprint density at radius 3 is 2.74 bits per heavy atom.